The predicted molar refractivity (Wildman–Crippen MR) is 115 cm³/mol. The number of halogens is 3. The molecule has 0 aliphatic rings. The Morgan fingerprint density at radius 2 is 0.839 bits per heavy atom. The van der Waals surface area contributed by atoms with Crippen molar-refractivity contribution in [2.75, 3.05) is 0 Å². The summed E-state index contributed by atoms with van der Waals surface area (Å²) in [5, 5.41) is 0. The zero-order valence-electron chi connectivity index (χ0n) is 17.9. The first-order valence-corrected chi connectivity index (χ1v) is 9.56. The van der Waals surface area contributed by atoms with Gasteiger partial charge in [0.05, 0.1) is 0 Å². The van der Waals surface area contributed by atoms with Crippen molar-refractivity contribution < 1.29 is 58.9 Å². The Balaban J connectivity index is 0.00000225. The van der Waals surface area contributed by atoms with E-state index >= 15 is 0 Å². The van der Waals surface area contributed by atoms with Gasteiger partial charge in [0.2, 0.25) is 0 Å². The predicted octanol–water partition coefficient (Wildman–Crippen LogP) is -2.28. The fourth-order valence-electron chi connectivity index (χ4n) is 4.35. The average Bonchev–Trinajstić information content (AvgIpc) is 2.99. The zero-order valence-corrected chi connectivity index (χ0v) is 21.7. The molecule has 4 aromatic carbocycles. The van der Waals surface area contributed by atoms with Gasteiger partial charge in [-0.1, -0.05) is 112 Å². The van der Waals surface area contributed by atoms with Crippen LogP contribution in [0.2, 0.25) is 0 Å². The molecule has 0 aliphatic carbocycles. The van der Waals surface area contributed by atoms with Crippen molar-refractivity contribution in [1.82, 2.24) is 0 Å². The van der Waals surface area contributed by atoms with Crippen molar-refractivity contribution in [2.45, 2.75) is 26.2 Å². The van der Waals surface area contributed by atoms with E-state index in [1.807, 2.05) is 0 Å². The van der Waals surface area contributed by atoms with Gasteiger partial charge in [0.25, 0.3) is 0 Å². The zero-order chi connectivity index (χ0) is 18.9. The van der Waals surface area contributed by atoms with Crippen LogP contribution in [0.25, 0.3) is 0 Å². The Morgan fingerprint density at radius 1 is 0.516 bits per heavy atom. The van der Waals surface area contributed by atoms with E-state index in [9.17, 15) is 0 Å². The summed E-state index contributed by atoms with van der Waals surface area (Å²) >= 11 is 0. The second-order valence-electron chi connectivity index (χ2n) is 7.34. The van der Waals surface area contributed by atoms with Gasteiger partial charge in [0.1, 0.15) is 0 Å². The van der Waals surface area contributed by atoms with E-state index in [4.69, 9.17) is 0 Å². The number of benzene rings is 3. The Kier molecular flexibility index (Phi) is 12.0. The molecular formula is C27H25Cl3Ti. The van der Waals surface area contributed by atoms with E-state index in [-0.39, 0.29) is 64.4 Å². The molecular weight excluding hydrogens is 479 g/mol. The standard InChI is InChI=1S/C27H25.3ClH.Ti/c1-20-19-26(22(3)21(20)2)27(23-13-7-4-8-14-23,24-15-9-5-10-16-24)25-17-11-6-12-18-25;;;;/h4-19H,1-3H3;3*1H;/q-1;;;;+4/p-3. The average molecular weight is 504 g/mol. The third kappa shape index (κ3) is 5.16. The normalized spacial score (nSPS) is 10.0. The van der Waals surface area contributed by atoms with E-state index in [1.165, 1.54) is 38.9 Å². The van der Waals surface area contributed by atoms with Crippen molar-refractivity contribution >= 4 is 0 Å². The monoisotopic (exact) mass is 502 g/mol. The molecule has 4 heteroatoms. The molecule has 0 saturated heterocycles. The van der Waals surface area contributed by atoms with Crippen LogP contribution in [0.15, 0.2) is 97.1 Å². The van der Waals surface area contributed by atoms with Gasteiger partial charge >= 0.3 is 21.7 Å². The van der Waals surface area contributed by atoms with Gasteiger partial charge in [-0.25, -0.2) is 0 Å². The van der Waals surface area contributed by atoms with Crippen LogP contribution in [-0.4, -0.2) is 0 Å². The summed E-state index contributed by atoms with van der Waals surface area (Å²) in [4.78, 5) is 0. The van der Waals surface area contributed by atoms with Gasteiger partial charge in [-0.3, -0.25) is 0 Å². The molecule has 0 bridgehead atoms. The molecule has 4 aromatic rings. The number of rotatable bonds is 4. The Bertz CT molecular complexity index is 945. The number of aryl methyl sites for hydroxylation is 1. The molecule has 0 amide bonds. The van der Waals surface area contributed by atoms with Crippen molar-refractivity contribution in [1.29, 1.82) is 0 Å². The summed E-state index contributed by atoms with van der Waals surface area (Å²) in [6, 6.07) is 35.1. The van der Waals surface area contributed by atoms with Crippen LogP contribution in [0.4, 0.5) is 0 Å². The summed E-state index contributed by atoms with van der Waals surface area (Å²) in [6.07, 6.45) is 0. The minimum Gasteiger partial charge on any atom is -1.00 e. The SMILES string of the molecule is Cc1[cH-]c(C(c2ccccc2)(c2ccccc2)c2ccccc2)c(C)c1C.[Cl-].[Cl-].[Cl-].[Ti+4]. The topological polar surface area (TPSA) is 0 Å². The molecule has 0 heterocycles. The Morgan fingerprint density at radius 3 is 1.10 bits per heavy atom. The summed E-state index contributed by atoms with van der Waals surface area (Å²) in [7, 11) is 0. The first-order valence-electron chi connectivity index (χ1n) is 9.56. The molecule has 0 N–H and O–H groups in total. The van der Waals surface area contributed by atoms with Crippen LogP contribution < -0.4 is 37.2 Å². The maximum absolute atomic E-state index is 2.39. The Hall–Kier alpha value is -1.41. The fraction of sp³-hybridized carbons (Fsp3) is 0.148. The molecule has 0 unspecified atom stereocenters. The largest absolute Gasteiger partial charge is 4.00 e. The molecule has 0 aromatic heterocycles. The van der Waals surface area contributed by atoms with E-state index in [2.05, 4.69) is 118 Å². The molecule has 0 atom stereocenters. The van der Waals surface area contributed by atoms with Crippen LogP contribution in [0, 0.1) is 20.8 Å². The van der Waals surface area contributed by atoms with Gasteiger partial charge in [-0.2, -0.15) is 22.8 Å². The minimum atomic E-state index is -0.327. The van der Waals surface area contributed by atoms with Crippen LogP contribution in [0.5, 0.6) is 0 Å². The second-order valence-corrected chi connectivity index (χ2v) is 7.34. The van der Waals surface area contributed by atoms with Gasteiger partial charge < -0.3 is 37.2 Å². The van der Waals surface area contributed by atoms with Gasteiger partial charge in [-0.15, -0.1) is 5.56 Å². The molecule has 0 spiro atoms. The maximum atomic E-state index is 2.39. The minimum absolute atomic E-state index is 0. The van der Waals surface area contributed by atoms with Gasteiger partial charge in [-0.05, 0) is 16.7 Å². The number of hydrogen-bond donors (Lipinski definition) is 0. The van der Waals surface area contributed by atoms with Gasteiger partial charge in [0.15, 0.2) is 0 Å². The van der Waals surface area contributed by atoms with E-state index in [1.54, 1.807) is 0 Å². The van der Waals surface area contributed by atoms with Gasteiger partial charge in [0, 0.05) is 5.41 Å². The van der Waals surface area contributed by atoms with Crippen LogP contribution >= 0.6 is 0 Å². The maximum Gasteiger partial charge on any atom is 4.00 e. The summed E-state index contributed by atoms with van der Waals surface area (Å²) in [5.41, 5.74) is 9.07. The summed E-state index contributed by atoms with van der Waals surface area (Å²) < 4.78 is 0. The van der Waals surface area contributed by atoms with E-state index in [0.29, 0.717) is 0 Å². The van der Waals surface area contributed by atoms with E-state index in [0.717, 1.165) is 0 Å². The third-order valence-corrected chi connectivity index (χ3v) is 5.94. The van der Waals surface area contributed by atoms with Crippen LogP contribution in [0.1, 0.15) is 38.9 Å². The quantitative estimate of drug-likeness (QED) is 0.167. The summed E-state index contributed by atoms with van der Waals surface area (Å²) in [5.74, 6) is 0. The molecule has 0 fully saturated rings. The molecule has 0 saturated carbocycles. The molecule has 0 aliphatic heterocycles. The van der Waals surface area contributed by atoms with Crippen molar-refractivity contribution in [3.63, 3.8) is 0 Å². The Labute approximate surface area is 220 Å². The molecule has 4 rings (SSSR count). The van der Waals surface area contributed by atoms with Crippen molar-refractivity contribution in [2.24, 2.45) is 0 Å². The first-order chi connectivity index (χ1) is 13.2. The third-order valence-electron chi connectivity index (χ3n) is 5.94. The van der Waals surface area contributed by atoms with Crippen molar-refractivity contribution in [3.05, 3.63) is 136 Å². The smallest absolute Gasteiger partial charge is 1.00 e. The molecule has 0 nitrogen and oxygen atoms in total. The summed E-state index contributed by atoms with van der Waals surface area (Å²) in [6.45, 7) is 6.72. The van der Waals surface area contributed by atoms with Crippen LogP contribution in [0.3, 0.4) is 0 Å². The number of hydrogen-bond acceptors (Lipinski definition) is 0. The van der Waals surface area contributed by atoms with E-state index < -0.39 is 0 Å². The fourth-order valence-corrected chi connectivity index (χ4v) is 4.35. The molecule has 158 valence electrons. The molecule has 0 radical (unpaired) electrons. The van der Waals surface area contributed by atoms with Crippen molar-refractivity contribution in [3.8, 4) is 0 Å². The van der Waals surface area contributed by atoms with Crippen LogP contribution in [-0.2, 0) is 27.1 Å². The second kappa shape index (κ2) is 12.6. The molecule has 31 heavy (non-hydrogen) atoms. The first kappa shape index (κ1) is 29.6.